The third-order valence-corrected chi connectivity index (χ3v) is 3.26. The molecule has 1 heterocycles. The molecule has 0 N–H and O–H groups in total. The lowest BCUT2D eigenvalue weighted by molar-refractivity contribution is 0.0306. The van der Waals surface area contributed by atoms with Crippen molar-refractivity contribution < 1.29 is 9.53 Å². The van der Waals surface area contributed by atoms with Crippen LogP contribution in [0.2, 0.25) is 0 Å². The fourth-order valence-electron chi connectivity index (χ4n) is 1.92. The lowest BCUT2D eigenvalue weighted by Gasteiger charge is -2.24. The standard InChI is InChI=1S/C15H18BrNO2/c1-15(2,3)19-14(18)17-8-7-12(10-17)11-5-4-6-13(16)9-11/h4-7,9H,8,10H2,1-3H3. The van der Waals surface area contributed by atoms with Crippen LogP contribution in [0.1, 0.15) is 26.3 Å². The molecule has 0 bridgehead atoms. The van der Waals surface area contributed by atoms with Crippen LogP contribution in [0.15, 0.2) is 34.8 Å². The third-order valence-electron chi connectivity index (χ3n) is 2.77. The maximum absolute atomic E-state index is 12.0. The molecule has 102 valence electrons. The maximum atomic E-state index is 12.0. The van der Waals surface area contributed by atoms with Crippen molar-refractivity contribution in [3.63, 3.8) is 0 Å². The Labute approximate surface area is 122 Å². The van der Waals surface area contributed by atoms with Crippen molar-refractivity contribution in [2.24, 2.45) is 0 Å². The van der Waals surface area contributed by atoms with E-state index in [4.69, 9.17) is 4.74 Å². The zero-order chi connectivity index (χ0) is 14.0. The number of hydrogen-bond donors (Lipinski definition) is 0. The van der Waals surface area contributed by atoms with Gasteiger partial charge in [0.25, 0.3) is 0 Å². The monoisotopic (exact) mass is 323 g/mol. The van der Waals surface area contributed by atoms with Gasteiger partial charge in [0.2, 0.25) is 0 Å². The van der Waals surface area contributed by atoms with E-state index in [1.165, 1.54) is 0 Å². The van der Waals surface area contributed by atoms with Crippen LogP contribution >= 0.6 is 15.9 Å². The fraction of sp³-hybridized carbons (Fsp3) is 0.400. The zero-order valence-corrected chi connectivity index (χ0v) is 13.0. The molecule has 1 aromatic carbocycles. The van der Waals surface area contributed by atoms with Gasteiger partial charge in [0.15, 0.2) is 0 Å². The van der Waals surface area contributed by atoms with Crippen molar-refractivity contribution in [2.75, 3.05) is 13.1 Å². The van der Waals surface area contributed by atoms with Crippen molar-refractivity contribution in [1.82, 2.24) is 4.90 Å². The topological polar surface area (TPSA) is 29.5 Å². The van der Waals surface area contributed by atoms with Gasteiger partial charge >= 0.3 is 6.09 Å². The smallest absolute Gasteiger partial charge is 0.410 e. The summed E-state index contributed by atoms with van der Waals surface area (Å²) < 4.78 is 6.42. The highest BCUT2D eigenvalue weighted by atomic mass is 79.9. The van der Waals surface area contributed by atoms with Crippen LogP contribution in [0.25, 0.3) is 5.57 Å². The molecule has 0 spiro atoms. The van der Waals surface area contributed by atoms with Gasteiger partial charge in [-0.05, 0) is 44.0 Å². The maximum Gasteiger partial charge on any atom is 0.410 e. The van der Waals surface area contributed by atoms with Crippen LogP contribution in [0.5, 0.6) is 0 Å². The van der Waals surface area contributed by atoms with E-state index in [0.717, 1.165) is 15.6 Å². The molecule has 0 saturated heterocycles. The van der Waals surface area contributed by atoms with E-state index in [2.05, 4.69) is 34.1 Å². The molecule has 1 aliphatic rings. The summed E-state index contributed by atoms with van der Waals surface area (Å²) in [6.45, 7) is 6.85. The fourth-order valence-corrected chi connectivity index (χ4v) is 2.32. The Morgan fingerprint density at radius 1 is 1.37 bits per heavy atom. The van der Waals surface area contributed by atoms with Crippen LogP contribution < -0.4 is 0 Å². The zero-order valence-electron chi connectivity index (χ0n) is 11.4. The second-order valence-corrected chi connectivity index (χ2v) is 6.52. The predicted octanol–water partition coefficient (Wildman–Crippen LogP) is 4.08. The van der Waals surface area contributed by atoms with Gasteiger partial charge < -0.3 is 9.64 Å². The van der Waals surface area contributed by atoms with E-state index in [1.54, 1.807) is 4.90 Å². The van der Waals surface area contributed by atoms with E-state index >= 15 is 0 Å². The van der Waals surface area contributed by atoms with Crippen LogP contribution in [-0.4, -0.2) is 29.7 Å². The Bertz CT molecular complexity index is 517. The normalized spacial score (nSPS) is 15.4. The van der Waals surface area contributed by atoms with Crippen LogP contribution in [-0.2, 0) is 4.74 Å². The van der Waals surface area contributed by atoms with Crippen LogP contribution in [0, 0.1) is 0 Å². The minimum atomic E-state index is -0.449. The summed E-state index contributed by atoms with van der Waals surface area (Å²) in [5.74, 6) is 0. The average Bonchev–Trinajstić information content (AvgIpc) is 2.75. The highest BCUT2D eigenvalue weighted by Crippen LogP contribution is 2.24. The van der Waals surface area contributed by atoms with E-state index in [9.17, 15) is 4.79 Å². The van der Waals surface area contributed by atoms with Gasteiger partial charge in [-0.15, -0.1) is 0 Å². The van der Waals surface area contributed by atoms with Gasteiger partial charge in [-0.1, -0.05) is 34.1 Å². The van der Waals surface area contributed by atoms with Gasteiger partial charge in [0.1, 0.15) is 5.60 Å². The molecule has 1 aromatic rings. The number of amides is 1. The second kappa shape index (κ2) is 5.37. The highest BCUT2D eigenvalue weighted by molar-refractivity contribution is 9.10. The first kappa shape index (κ1) is 14.1. The molecule has 1 amide bonds. The number of carbonyl (C=O) groups excluding carboxylic acids is 1. The molecule has 19 heavy (non-hydrogen) atoms. The Morgan fingerprint density at radius 3 is 2.74 bits per heavy atom. The highest BCUT2D eigenvalue weighted by Gasteiger charge is 2.25. The predicted molar refractivity (Wildman–Crippen MR) is 79.9 cm³/mol. The van der Waals surface area contributed by atoms with Gasteiger partial charge in [0, 0.05) is 17.6 Å². The summed E-state index contributed by atoms with van der Waals surface area (Å²) in [5, 5.41) is 0. The summed E-state index contributed by atoms with van der Waals surface area (Å²) in [6, 6.07) is 8.10. The van der Waals surface area contributed by atoms with Crippen molar-refractivity contribution in [2.45, 2.75) is 26.4 Å². The number of hydrogen-bond acceptors (Lipinski definition) is 2. The van der Waals surface area contributed by atoms with Gasteiger partial charge in [-0.2, -0.15) is 0 Å². The first-order chi connectivity index (χ1) is 8.85. The molecule has 2 rings (SSSR count). The lowest BCUT2D eigenvalue weighted by atomic mass is 10.1. The lowest BCUT2D eigenvalue weighted by Crippen LogP contribution is -2.35. The van der Waals surface area contributed by atoms with E-state index < -0.39 is 5.60 Å². The van der Waals surface area contributed by atoms with Gasteiger partial charge in [-0.3, -0.25) is 0 Å². The Morgan fingerprint density at radius 2 is 2.11 bits per heavy atom. The van der Waals surface area contributed by atoms with E-state index in [-0.39, 0.29) is 6.09 Å². The van der Waals surface area contributed by atoms with Crippen molar-refractivity contribution in [1.29, 1.82) is 0 Å². The second-order valence-electron chi connectivity index (χ2n) is 5.60. The Kier molecular flexibility index (Phi) is 3.99. The number of halogens is 1. The first-order valence-corrected chi connectivity index (χ1v) is 7.07. The number of ether oxygens (including phenoxy) is 1. The summed E-state index contributed by atoms with van der Waals surface area (Å²) in [5.41, 5.74) is 1.85. The Balaban J connectivity index is 2.01. The minimum Gasteiger partial charge on any atom is -0.444 e. The number of benzene rings is 1. The molecule has 0 unspecified atom stereocenters. The molecule has 1 aliphatic heterocycles. The van der Waals surface area contributed by atoms with Gasteiger partial charge in [-0.25, -0.2) is 4.79 Å². The molecule has 0 saturated carbocycles. The number of carbonyl (C=O) groups is 1. The quantitative estimate of drug-likeness (QED) is 0.779. The van der Waals surface area contributed by atoms with Gasteiger partial charge in [0.05, 0.1) is 0 Å². The third kappa shape index (κ3) is 3.83. The average molecular weight is 324 g/mol. The van der Waals surface area contributed by atoms with E-state index in [0.29, 0.717) is 13.1 Å². The van der Waals surface area contributed by atoms with Crippen LogP contribution in [0.4, 0.5) is 4.79 Å². The Hall–Kier alpha value is -1.29. The molecular weight excluding hydrogens is 306 g/mol. The SMILES string of the molecule is CC(C)(C)OC(=O)N1CC=C(c2cccc(Br)c2)C1. The molecule has 0 aliphatic carbocycles. The summed E-state index contributed by atoms with van der Waals surface area (Å²) in [7, 11) is 0. The minimum absolute atomic E-state index is 0.256. The summed E-state index contributed by atoms with van der Waals surface area (Å²) in [4.78, 5) is 13.7. The van der Waals surface area contributed by atoms with Crippen molar-refractivity contribution >= 4 is 27.6 Å². The first-order valence-electron chi connectivity index (χ1n) is 6.28. The molecule has 0 aromatic heterocycles. The largest absolute Gasteiger partial charge is 0.444 e. The molecule has 4 heteroatoms. The number of rotatable bonds is 1. The summed E-state index contributed by atoms with van der Waals surface area (Å²) in [6.07, 6.45) is 1.82. The molecular formula is C15H18BrNO2. The summed E-state index contributed by atoms with van der Waals surface area (Å²) >= 11 is 3.46. The molecule has 3 nitrogen and oxygen atoms in total. The number of nitrogens with zero attached hydrogens (tertiary/aromatic N) is 1. The van der Waals surface area contributed by atoms with Crippen LogP contribution in [0.3, 0.4) is 0 Å². The van der Waals surface area contributed by atoms with Crippen molar-refractivity contribution in [3.8, 4) is 0 Å². The molecule has 0 atom stereocenters. The van der Waals surface area contributed by atoms with E-state index in [1.807, 2.05) is 32.9 Å². The molecule has 0 fully saturated rings. The molecule has 0 radical (unpaired) electrons. The van der Waals surface area contributed by atoms with Crippen molar-refractivity contribution in [3.05, 3.63) is 40.4 Å².